The van der Waals surface area contributed by atoms with E-state index in [0.29, 0.717) is 37.0 Å². The van der Waals surface area contributed by atoms with Gasteiger partial charge in [0.2, 0.25) is 0 Å². The highest BCUT2D eigenvalue weighted by Gasteiger charge is 2.26. The average molecular weight is 348 g/mol. The summed E-state index contributed by atoms with van der Waals surface area (Å²) in [5.74, 6) is -0.503. The van der Waals surface area contributed by atoms with Crippen molar-refractivity contribution in [1.82, 2.24) is 10.2 Å². The molecule has 0 saturated carbocycles. The summed E-state index contributed by atoms with van der Waals surface area (Å²) >= 11 is 6.01. The fourth-order valence-corrected chi connectivity index (χ4v) is 2.82. The number of carbonyl (C=O) groups excluding carboxylic acids is 2. The normalized spacial score (nSPS) is 14.5. The second-order valence-electron chi connectivity index (χ2n) is 5.52. The molecular formula is C17H18ClN3O3. The first kappa shape index (κ1) is 16.4. The van der Waals surface area contributed by atoms with Gasteiger partial charge in [-0.25, -0.2) is 0 Å². The van der Waals surface area contributed by atoms with Crippen molar-refractivity contribution >= 4 is 29.1 Å². The van der Waals surface area contributed by atoms with Gasteiger partial charge in [0, 0.05) is 36.9 Å². The molecule has 6 nitrogen and oxygen atoms in total. The minimum Gasteiger partial charge on any atom is -0.467 e. The van der Waals surface area contributed by atoms with Gasteiger partial charge in [-0.1, -0.05) is 17.7 Å². The topological polar surface area (TPSA) is 65.8 Å². The van der Waals surface area contributed by atoms with Crippen LogP contribution in [-0.2, 0) is 16.1 Å². The molecule has 1 N–H and O–H groups in total. The summed E-state index contributed by atoms with van der Waals surface area (Å²) in [6.45, 7) is 2.54. The largest absolute Gasteiger partial charge is 0.467 e. The molecule has 1 fully saturated rings. The Morgan fingerprint density at radius 1 is 1.12 bits per heavy atom. The van der Waals surface area contributed by atoms with Crippen molar-refractivity contribution in [3.63, 3.8) is 0 Å². The summed E-state index contributed by atoms with van der Waals surface area (Å²) in [5.41, 5.74) is 1.02. The molecular weight excluding hydrogens is 330 g/mol. The number of nitrogens with zero attached hydrogens (tertiary/aromatic N) is 2. The van der Waals surface area contributed by atoms with Crippen LogP contribution in [0.25, 0.3) is 0 Å². The van der Waals surface area contributed by atoms with Crippen molar-refractivity contribution < 1.29 is 14.0 Å². The molecule has 2 aromatic rings. The van der Waals surface area contributed by atoms with E-state index in [2.05, 4.69) is 10.2 Å². The lowest BCUT2D eigenvalue weighted by atomic mass is 10.2. The van der Waals surface area contributed by atoms with Crippen LogP contribution in [-0.4, -0.2) is 42.9 Å². The number of nitrogens with one attached hydrogen (secondary N) is 1. The number of amides is 2. The van der Waals surface area contributed by atoms with E-state index in [4.69, 9.17) is 16.0 Å². The van der Waals surface area contributed by atoms with Crippen LogP contribution in [0.2, 0.25) is 5.02 Å². The monoisotopic (exact) mass is 347 g/mol. The molecule has 0 bridgehead atoms. The van der Waals surface area contributed by atoms with Crippen molar-refractivity contribution in [2.45, 2.75) is 6.54 Å². The van der Waals surface area contributed by atoms with E-state index in [0.717, 1.165) is 5.69 Å². The van der Waals surface area contributed by atoms with E-state index in [1.54, 1.807) is 17.0 Å². The molecule has 126 valence electrons. The predicted octanol–water partition coefficient (Wildman–Crippen LogP) is 1.90. The fraction of sp³-hybridized carbons (Fsp3) is 0.294. The summed E-state index contributed by atoms with van der Waals surface area (Å²) in [7, 11) is 0. The zero-order valence-corrected chi connectivity index (χ0v) is 13.8. The van der Waals surface area contributed by atoms with E-state index < -0.39 is 11.8 Å². The molecule has 3 rings (SSSR count). The lowest BCUT2D eigenvalue weighted by Gasteiger charge is -2.35. The van der Waals surface area contributed by atoms with Crippen molar-refractivity contribution in [1.29, 1.82) is 0 Å². The third-order valence-corrected chi connectivity index (χ3v) is 4.17. The highest BCUT2D eigenvalue weighted by molar-refractivity contribution is 6.35. The fourth-order valence-electron chi connectivity index (χ4n) is 2.64. The number of hydrogen-bond acceptors (Lipinski definition) is 4. The van der Waals surface area contributed by atoms with Gasteiger partial charge in [0.25, 0.3) is 0 Å². The molecule has 7 heteroatoms. The molecule has 1 aliphatic rings. The first-order chi connectivity index (χ1) is 11.6. The van der Waals surface area contributed by atoms with Crippen LogP contribution in [0.1, 0.15) is 5.76 Å². The molecule has 0 aliphatic carbocycles. The van der Waals surface area contributed by atoms with Gasteiger partial charge < -0.3 is 19.5 Å². The second kappa shape index (κ2) is 7.40. The highest BCUT2D eigenvalue weighted by Crippen LogP contribution is 2.20. The van der Waals surface area contributed by atoms with Gasteiger partial charge in [0.15, 0.2) is 0 Å². The summed E-state index contributed by atoms with van der Waals surface area (Å²) in [4.78, 5) is 27.9. The van der Waals surface area contributed by atoms with Gasteiger partial charge in [-0.2, -0.15) is 0 Å². The second-order valence-corrected chi connectivity index (χ2v) is 5.96. The Labute approximate surface area is 145 Å². The number of halogens is 1. The Morgan fingerprint density at radius 3 is 2.58 bits per heavy atom. The number of rotatable bonds is 3. The van der Waals surface area contributed by atoms with Crippen LogP contribution >= 0.6 is 11.6 Å². The molecule has 2 amide bonds. The molecule has 0 spiro atoms. The van der Waals surface area contributed by atoms with Crippen LogP contribution in [0.4, 0.5) is 5.69 Å². The lowest BCUT2D eigenvalue weighted by Crippen LogP contribution is -2.52. The smallest absolute Gasteiger partial charge is 0.312 e. The molecule has 0 unspecified atom stereocenters. The molecule has 1 aromatic heterocycles. The quantitative estimate of drug-likeness (QED) is 0.861. The summed E-state index contributed by atoms with van der Waals surface area (Å²) in [6, 6.07) is 11.1. The molecule has 24 heavy (non-hydrogen) atoms. The van der Waals surface area contributed by atoms with Gasteiger partial charge in [0.1, 0.15) is 5.76 Å². The summed E-state index contributed by atoms with van der Waals surface area (Å²) < 4.78 is 5.12. The Balaban J connectivity index is 1.50. The summed E-state index contributed by atoms with van der Waals surface area (Å²) in [5, 5.41) is 3.26. The standard InChI is InChI=1S/C17H18ClN3O3/c18-13-3-1-4-14(11-13)20-6-8-21(9-7-20)17(23)16(22)19-12-15-5-2-10-24-15/h1-5,10-11H,6-9,12H2,(H,19,22). The third kappa shape index (κ3) is 3.89. The van der Waals surface area contributed by atoms with Gasteiger partial charge in [-0.3, -0.25) is 9.59 Å². The Hall–Kier alpha value is -2.47. The van der Waals surface area contributed by atoms with Crippen molar-refractivity contribution in [3.8, 4) is 0 Å². The molecule has 0 radical (unpaired) electrons. The number of hydrogen-bond donors (Lipinski definition) is 1. The zero-order chi connectivity index (χ0) is 16.9. The minimum absolute atomic E-state index is 0.208. The van der Waals surface area contributed by atoms with Gasteiger partial charge >= 0.3 is 11.8 Å². The molecule has 0 atom stereocenters. The molecule has 2 heterocycles. The van der Waals surface area contributed by atoms with E-state index in [1.807, 2.05) is 24.3 Å². The Bertz CT molecular complexity index is 710. The Kier molecular flexibility index (Phi) is 5.05. The van der Waals surface area contributed by atoms with Crippen LogP contribution in [0, 0.1) is 0 Å². The number of carbonyl (C=O) groups is 2. The van der Waals surface area contributed by atoms with Crippen molar-refractivity contribution in [2.75, 3.05) is 31.1 Å². The maximum atomic E-state index is 12.2. The van der Waals surface area contributed by atoms with Gasteiger partial charge in [-0.05, 0) is 30.3 Å². The SMILES string of the molecule is O=C(NCc1ccco1)C(=O)N1CCN(c2cccc(Cl)c2)CC1. The van der Waals surface area contributed by atoms with Gasteiger partial charge in [-0.15, -0.1) is 0 Å². The minimum atomic E-state index is -0.609. The van der Waals surface area contributed by atoms with E-state index >= 15 is 0 Å². The first-order valence-corrected chi connectivity index (χ1v) is 8.11. The molecule has 1 aliphatic heterocycles. The van der Waals surface area contributed by atoms with Crippen molar-refractivity contribution in [2.24, 2.45) is 0 Å². The third-order valence-electron chi connectivity index (χ3n) is 3.94. The molecule has 1 aromatic carbocycles. The number of anilines is 1. The lowest BCUT2D eigenvalue weighted by molar-refractivity contribution is -0.146. The zero-order valence-electron chi connectivity index (χ0n) is 13.1. The van der Waals surface area contributed by atoms with Crippen LogP contribution in [0.5, 0.6) is 0 Å². The van der Waals surface area contributed by atoms with E-state index in [9.17, 15) is 9.59 Å². The van der Waals surface area contributed by atoms with Crippen LogP contribution in [0.3, 0.4) is 0 Å². The van der Waals surface area contributed by atoms with Crippen LogP contribution in [0.15, 0.2) is 47.1 Å². The van der Waals surface area contributed by atoms with Gasteiger partial charge in [0.05, 0.1) is 12.8 Å². The molecule has 1 saturated heterocycles. The maximum absolute atomic E-state index is 12.2. The number of furan rings is 1. The van der Waals surface area contributed by atoms with Crippen molar-refractivity contribution in [3.05, 3.63) is 53.4 Å². The number of piperazine rings is 1. The maximum Gasteiger partial charge on any atom is 0.312 e. The Morgan fingerprint density at radius 2 is 1.92 bits per heavy atom. The van der Waals surface area contributed by atoms with E-state index in [-0.39, 0.29) is 6.54 Å². The summed E-state index contributed by atoms with van der Waals surface area (Å²) in [6.07, 6.45) is 1.53. The van der Waals surface area contributed by atoms with Crippen LogP contribution < -0.4 is 10.2 Å². The first-order valence-electron chi connectivity index (χ1n) is 7.73. The number of benzene rings is 1. The predicted molar refractivity (Wildman–Crippen MR) is 90.8 cm³/mol. The average Bonchev–Trinajstić information content (AvgIpc) is 3.13. The highest BCUT2D eigenvalue weighted by atomic mass is 35.5. The van der Waals surface area contributed by atoms with E-state index in [1.165, 1.54) is 6.26 Å².